The predicted octanol–water partition coefficient (Wildman–Crippen LogP) is 5.97. The number of hydrogen-bond donors (Lipinski definition) is 0. The number of halogens is 4. The molecule has 0 aromatic heterocycles. The van der Waals surface area contributed by atoms with Gasteiger partial charge < -0.3 is 9.64 Å². The van der Waals surface area contributed by atoms with Crippen molar-refractivity contribution in [3.05, 3.63) is 107 Å². The average molecular weight is 541 g/mol. The van der Waals surface area contributed by atoms with Crippen molar-refractivity contribution in [3.63, 3.8) is 0 Å². The summed E-state index contributed by atoms with van der Waals surface area (Å²) in [6, 6.07) is 22.5. The van der Waals surface area contributed by atoms with E-state index in [1.807, 2.05) is 36.4 Å². The Kier molecular flexibility index (Phi) is 7.78. The summed E-state index contributed by atoms with van der Waals surface area (Å²) >= 11 is 0. The molecule has 0 radical (unpaired) electrons. The number of piperidine rings is 3. The van der Waals surface area contributed by atoms with Gasteiger partial charge in [-0.2, -0.15) is 13.2 Å². The smallest absolute Gasteiger partial charge is 0.372 e. The van der Waals surface area contributed by atoms with Gasteiger partial charge in [-0.05, 0) is 47.9 Å². The van der Waals surface area contributed by atoms with E-state index in [1.165, 1.54) is 0 Å². The van der Waals surface area contributed by atoms with Gasteiger partial charge in [-0.25, -0.2) is 4.39 Å². The zero-order chi connectivity index (χ0) is 27.7. The second kappa shape index (κ2) is 11.1. The maximum absolute atomic E-state index is 14.2. The Hall–Kier alpha value is -3.23. The largest absolute Gasteiger partial charge is 0.416 e. The highest BCUT2D eigenvalue weighted by atomic mass is 19.4. The van der Waals surface area contributed by atoms with E-state index in [2.05, 4.69) is 29.2 Å². The summed E-state index contributed by atoms with van der Waals surface area (Å²) < 4.78 is 60.7. The highest BCUT2D eigenvalue weighted by Gasteiger charge is 2.53. The van der Waals surface area contributed by atoms with Crippen molar-refractivity contribution in [3.8, 4) is 0 Å². The first-order valence-electron chi connectivity index (χ1n) is 13.2. The molecule has 3 saturated heterocycles. The minimum Gasteiger partial charge on any atom is -0.372 e. The summed E-state index contributed by atoms with van der Waals surface area (Å²) in [5.41, 5.74) is 1.26. The third-order valence-corrected chi connectivity index (χ3v) is 8.02. The van der Waals surface area contributed by atoms with Crippen LogP contribution in [0, 0.1) is 17.7 Å². The lowest BCUT2D eigenvalue weighted by Gasteiger charge is -2.56. The minimum absolute atomic E-state index is 0.0119. The molecule has 3 aromatic carbocycles. The fourth-order valence-corrected chi connectivity index (χ4v) is 6.33. The van der Waals surface area contributed by atoms with Gasteiger partial charge in [0.25, 0.3) is 0 Å². The number of rotatable bonds is 7. The van der Waals surface area contributed by atoms with E-state index in [0.717, 1.165) is 36.2 Å². The van der Waals surface area contributed by atoms with E-state index in [4.69, 9.17) is 4.74 Å². The third-order valence-electron chi connectivity index (χ3n) is 8.02. The summed E-state index contributed by atoms with van der Waals surface area (Å²) in [5, 5.41) is 0. The van der Waals surface area contributed by atoms with Crippen LogP contribution in [0.5, 0.6) is 0 Å². The Bertz CT molecular complexity index is 1240. The van der Waals surface area contributed by atoms with Crippen LogP contribution in [0.2, 0.25) is 0 Å². The Balaban J connectivity index is 1.54. The number of benzene rings is 3. The number of carbonyl (C=O) groups is 1. The van der Waals surface area contributed by atoms with Gasteiger partial charge in [0.2, 0.25) is 5.91 Å². The quantitative estimate of drug-likeness (QED) is 0.346. The predicted molar refractivity (Wildman–Crippen MR) is 140 cm³/mol. The van der Waals surface area contributed by atoms with E-state index in [9.17, 15) is 22.4 Å². The second-order valence-electron chi connectivity index (χ2n) is 10.7. The molecule has 5 atom stereocenters. The Morgan fingerprint density at radius 2 is 1.62 bits per heavy atom. The van der Waals surface area contributed by atoms with Crippen molar-refractivity contribution in [2.45, 2.75) is 37.3 Å². The molecule has 1 unspecified atom stereocenters. The van der Waals surface area contributed by atoms with Crippen LogP contribution < -0.4 is 0 Å². The molecular formula is C31H32F4N2O2. The average Bonchev–Trinajstić information content (AvgIpc) is 2.92. The number of alkyl halides is 3. The summed E-state index contributed by atoms with van der Waals surface area (Å²) in [5.74, 6) is -1.45. The molecule has 0 N–H and O–H groups in total. The van der Waals surface area contributed by atoms with Crippen LogP contribution in [0.15, 0.2) is 78.9 Å². The van der Waals surface area contributed by atoms with Gasteiger partial charge in [0.15, 0.2) is 0 Å². The number of amides is 1. The lowest BCUT2D eigenvalue weighted by Crippen LogP contribution is -2.66. The van der Waals surface area contributed by atoms with Gasteiger partial charge in [-0.3, -0.25) is 9.69 Å². The van der Waals surface area contributed by atoms with Crippen LogP contribution in [0.4, 0.5) is 17.6 Å². The van der Waals surface area contributed by atoms with E-state index in [1.54, 1.807) is 19.0 Å². The van der Waals surface area contributed by atoms with Crippen molar-refractivity contribution in [1.29, 1.82) is 0 Å². The van der Waals surface area contributed by atoms with Crippen molar-refractivity contribution in [1.82, 2.24) is 9.80 Å². The van der Waals surface area contributed by atoms with Crippen molar-refractivity contribution in [2.75, 3.05) is 27.2 Å². The lowest BCUT2D eigenvalue weighted by molar-refractivity contribution is -0.166. The minimum atomic E-state index is -4.66. The molecule has 4 nitrogen and oxygen atoms in total. The van der Waals surface area contributed by atoms with Gasteiger partial charge >= 0.3 is 6.18 Å². The van der Waals surface area contributed by atoms with Crippen LogP contribution in [0.1, 0.15) is 34.6 Å². The molecule has 2 bridgehead atoms. The first-order valence-corrected chi connectivity index (χ1v) is 13.2. The van der Waals surface area contributed by atoms with E-state index in [0.29, 0.717) is 12.6 Å². The molecule has 206 valence electrons. The molecule has 3 heterocycles. The Morgan fingerprint density at radius 1 is 1.00 bits per heavy atom. The third kappa shape index (κ3) is 5.72. The maximum atomic E-state index is 14.2. The van der Waals surface area contributed by atoms with Crippen LogP contribution in [-0.2, 0) is 22.3 Å². The second-order valence-corrected chi connectivity index (χ2v) is 10.7. The summed E-state index contributed by atoms with van der Waals surface area (Å²) in [4.78, 5) is 17.1. The van der Waals surface area contributed by atoms with Crippen LogP contribution in [-0.4, -0.2) is 55.0 Å². The van der Waals surface area contributed by atoms with Gasteiger partial charge in [0.1, 0.15) is 5.82 Å². The fourth-order valence-electron chi connectivity index (χ4n) is 6.33. The molecule has 6 rings (SSSR count). The number of nitrogens with zero attached hydrogens (tertiary/aromatic N) is 2. The van der Waals surface area contributed by atoms with Crippen LogP contribution in [0.25, 0.3) is 0 Å². The molecule has 1 amide bonds. The number of carbonyl (C=O) groups excluding carboxylic acids is 1. The first-order chi connectivity index (χ1) is 18.6. The summed E-state index contributed by atoms with van der Waals surface area (Å²) in [6.07, 6.45) is -4.38. The molecule has 3 fully saturated rings. The molecule has 3 aromatic rings. The van der Waals surface area contributed by atoms with Crippen molar-refractivity contribution >= 4 is 5.91 Å². The normalized spacial score (nSPS) is 24.6. The molecule has 0 spiro atoms. The number of hydrogen-bond acceptors (Lipinski definition) is 3. The molecule has 3 aliphatic heterocycles. The topological polar surface area (TPSA) is 32.8 Å². The van der Waals surface area contributed by atoms with Crippen molar-refractivity contribution < 1.29 is 27.1 Å². The molecule has 0 saturated carbocycles. The van der Waals surface area contributed by atoms with E-state index >= 15 is 0 Å². The Morgan fingerprint density at radius 3 is 2.18 bits per heavy atom. The van der Waals surface area contributed by atoms with Crippen LogP contribution in [0.3, 0.4) is 0 Å². The summed E-state index contributed by atoms with van der Waals surface area (Å²) in [7, 11) is 3.46. The highest BCUT2D eigenvalue weighted by Crippen LogP contribution is 2.46. The van der Waals surface area contributed by atoms with E-state index < -0.39 is 23.7 Å². The molecule has 8 heteroatoms. The zero-order valence-corrected chi connectivity index (χ0v) is 21.9. The fraction of sp³-hybridized carbons (Fsp3) is 0.387. The first kappa shape index (κ1) is 27.3. The van der Waals surface area contributed by atoms with Gasteiger partial charge in [-0.15, -0.1) is 0 Å². The lowest BCUT2D eigenvalue weighted by atomic mass is 9.67. The van der Waals surface area contributed by atoms with Crippen LogP contribution >= 0.6 is 0 Å². The number of fused-ring (bicyclic) bond motifs is 3. The van der Waals surface area contributed by atoms with Gasteiger partial charge in [0.05, 0.1) is 24.2 Å². The SMILES string of the molecule is CN(C)C(=O)[C@@H]1CN2CC[C@H]1[C@H](OCc1cc(F)cc(C(F)(F)F)c1)[C@@H]2C(c1ccccc1)c1ccccc1. The van der Waals surface area contributed by atoms with Gasteiger partial charge in [-0.1, -0.05) is 60.7 Å². The van der Waals surface area contributed by atoms with E-state index in [-0.39, 0.29) is 41.9 Å². The monoisotopic (exact) mass is 540 g/mol. The maximum Gasteiger partial charge on any atom is 0.416 e. The Labute approximate surface area is 226 Å². The zero-order valence-electron chi connectivity index (χ0n) is 21.9. The molecule has 0 aliphatic carbocycles. The highest BCUT2D eigenvalue weighted by molar-refractivity contribution is 5.79. The summed E-state index contributed by atoms with van der Waals surface area (Å²) in [6.45, 7) is 1.19. The molecule has 39 heavy (non-hydrogen) atoms. The molecular weight excluding hydrogens is 508 g/mol. The van der Waals surface area contributed by atoms with Gasteiger partial charge in [0, 0.05) is 38.5 Å². The molecule has 3 aliphatic rings. The number of ether oxygens (including phenoxy) is 1. The standard InChI is InChI=1S/C31H32F4N2O2/c1-36(2)30(38)26-18-37-14-13-25(26)29(39-19-20-15-23(31(33,34)35)17-24(32)16-20)28(37)27(21-9-5-3-6-10-21)22-11-7-4-8-12-22/h3-12,15-17,25-29H,13-14,18-19H2,1-2H3/t25-,26-,28+,29+/m1/s1. The van der Waals surface area contributed by atoms with Crippen molar-refractivity contribution in [2.24, 2.45) is 11.8 Å².